The zero-order chi connectivity index (χ0) is 17.6. The summed E-state index contributed by atoms with van der Waals surface area (Å²) in [5, 5.41) is 2.71. The van der Waals surface area contributed by atoms with Crippen LogP contribution in [-0.4, -0.2) is 44.9 Å². The lowest BCUT2D eigenvalue weighted by atomic mass is 10.2. The molecule has 0 saturated carbocycles. The second-order valence-corrected chi connectivity index (χ2v) is 7.01. The third-order valence-electron chi connectivity index (χ3n) is 3.44. The summed E-state index contributed by atoms with van der Waals surface area (Å²) in [5.74, 6) is -1.06. The lowest BCUT2D eigenvalue weighted by molar-refractivity contribution is -0.121. The highest BCUT2D eigenvalue weighted by atomic mass is 32.2. The van der Waals surface area contributed by atoms with Gasteiger partial charge in [0.05, 0.1) is 13.7 Å². The molecule has 130 valence electrons. The summed E-state index contributed by atoms with van der Waals surface area (Å²) >= 11 is 0. The summed E-state index contributed by atoms with van der Waals surface area (Å²) in [6.07, 6.45) is 0.738. The molecule has 0 aromatic heterocycles. The first-order valence-corrected chi connectivity index (χ1v) is 8.83. The Labute approximate surface area is 136 Å². The van der Waals surface area contributed by atoms with Crippen LogP contribution in [0.4, 0.5) is 4.39 Å². The Kier molecular flexibility index (Phi) is 6.96. The van der Waals surface area contributed by atoms with E-state index in [1.54, 1.807) is 6.92 Å². The van der Waals surface area contributed by atoms with Crippen LogP contribution in [0.15, 0.2) is 23.1 Å². The minimum atomic E-state index is -4.05. The van der Waals surface area contributed by atoms with Crippen molar-refractivity contribution >= 4 is 15.9 Å². The Morgan fingerprint density at radius 3 is 2.57 bits per heavy atom. The number of sulfonamides is 1. The van der Waals surface area contributed by atoms with E-state index in [0.717, 1.165) is 22.9 Å². The Hall–Kier alpha value is -1.67. The molecule has 1 aromatic rings. The maximum absolute atomic E-state index is 13.4. The number of rotatable bonds is 8. The van der Waals surface area contributed by atoms with Crippen molar-refractivity contribution in [3.63, 3.8) is 0 Å². The number of hydrogen-bond acceptors (Lipinski definition) is 4. The minimum Gasteiger partial charge on any atom is -0.495 e. The highest BCUT2D eigenvalue weighted by Crippen LogP contribution is 2.27. The summed E-state index contributed by atoms with van der Waals surface area (Å²) in [7, 11) is -2.74. The van der Waals surface area contributed by atoms with Gasteiger partial charge in [-0.15, -0.1) is 0 Å². The third kappa shape index (κ3) is 4.90. The number of methoxy groups -OCH3 is 1. The monoisotopic (exact) mass is 346 g/mol. The van der Waals surface area contributed by atoms with E-state index >= 15 is 0 Å². The first-order valence-electron chi connectivity index (χ1n) is 7.39. The van der Waals surface area contributed by atoms with Crippen LogP contribution in [0.2, 0.25) is 0 Å². The summed E-state index contributed by atoms with van der Waals surface area (Å²) in [6.45, 7) is 5.10. The maximum atomic E-state index is 13.4. The van der Waals surface area contributed by atoms with Crippen LogP contribution in [0.1, 0.15) is 27.2 Å². The second-order valence-electron chi connectivity index (χ2n) is 5.10. The zero-order valence-electron chi connectivity index (χ0n) is 13.8. The van der Waals surface area contributed by atoms with Crippen molar-refractivity contribution in [3.05, 3.63) is 24.0 Å². The van der Waals surface area contributed by atoms with Crippen molar-refractivity contribution < 1.29 is 22.3 Å². The number of carbonyl (C=O) groups excluding carboxylic acids is 1. The molecule has 0 fully saturated rings. The molecule has 1 aromatic carbocycles. The molecule has 0 radical (unpaired) electrons. The zero-order valence-corrected chi connectivity index (χ0v) is 14.6. The molecule has 6 nitrogen and oxygen atoms in total. The van der Waals surface area contributed by atoms with Gasteiger partial charge in [0.2, 0.25) is 15.9 Å². The highest BCUT2D eigenvalue weighted by molar-refractivity contribution is 7.89. The van der Waals surface area contributed by atoms with Crippen molar-refractivity contribution in [1.29, 1.82) is 0 Å². The summed E-state index contributed by atoms with van der Waals surface area (Å²) in [6, 6.07) is 3.20. The first-order chi connectivity index (χ1) is 10.8. The van der Waals surface area contributed by atoms with Gasteiger partial charge in [-0.2, -0.15) is 4.31 Å². The summed E-state index contributed by atoms with van der Waals surface area (Å²) in [5.41, 5.74) is 0. The van der Waals surface area contributed by atoms with Gasteiger partial charge in [-0.05, 0) is 31.5 Å². The van der Waals surface area contributed by atoms with Gasteiger partial charge in [-0.3, -0.25) is 4.79 Å². The van der Waals surface area contributed by atoms with E-state index in [9.17, 15) is 17.6 Å². The fraction of sp³-hybridized carbons (Fsp3) is 0.533. The Morgan fingerprint density at radius 2 is 2.04 bits per heavy atom. The van der Waals surface area contributed by atoms with Crippen LogP contribution in [0.5, 0.6) is 5.75 Å². The molecule has 1 amide bonds. The molecule has 1 N–H and O–H groups in total. The number of carbonyl (C=O) groups is 1. The lowest BCUT2D eigenvalue weighted by Gasteiger charge is -2.22. The van der Waals surface area contributed by atoms with Gasteiger partial charge in [-0.25, -0.2) is 12.8 Å². The largest absolute Gasteiger partial charge is 0.495 e. The number of hydrogen-bond donors (Lipinski definition) is 1. The predicted octanol–water partition coefficient (Wildman–Crippen LogP) is 1.76. The molecule has 0 heterocycles. The minimum absolute atomic E-state index is 0.0344. The molecule has 0 saturated heterocycles. The molecule has 0 unspecified atom stereocenters. The summed E-state index contributed by atoms with van der Waals surface area (Å²) < 4.78 is 44.8. The van der Waals surface area contributed by atoms with Crippen LogP contribution < -0.4 is 10.1 Å². The lowest BCUT2D eigenvalue weighted by Crippen LogP contribution is -2.43. The summed E-state index contributed by atoms with van der Waals surface area (Å²) in [4.78, 5) is 11.7. The average molecular weight is 346 g/mol. The van der Waals surface area contributed by atoms with Crippen LogP contribution in [0.3, 0.4) is 0 Å². The molecule has 1 rings (SSSR count). The van der Waals surface area contributed by atoms with E-state index < -0.39 is 21.7 Å². The predicted molar refractivity (Wildman–Crippen MR) is 85.3 cm³/mol. The first kappa shape index (κ1) is 19.4. The van der Waals surface area contributed by atoms with Crippen molar-refractivity contribution in [2.75, 3.05) is 20.2 Å². The van der Waals surface area contributed by atoms with E-state index in [2.05, 4.69) is 5.32 Å². The van der Waals surface area contributed by atoms with E-state index in [0.29, 0.717) is 0 Å². The molecule has 1 atom stereocenters. The van der Waals surface area contributed by atoms with Crippen LogP contribution >= 0.6 is 0 Å². The fourth-order valence-corrected chi connectivity index (χ4v) is 3.51. The van der Waals surface area contributed by atoms with Gasteiger partial charge in [0, 0.05) is 12.6 Å². The Morgan fingerprint density at radius 1 is 1.39 bits per heavy atom. The number of benzene rings is 1. The van der Waals surface area contributed by atoms with Gasteiger partial charge in [0.15, 0.2) is 0 Å². The Balaban J connectivity index is 3.09. The van der Waals surface area contributed by atoms with Crippen LogP contribution in [0, 0.1) is 5.82 Å². The number of likely N-dealkylation sites (N-methyl/N-ethyl adjacent to an activating group) is 1. The Bertz CT molecular complexity index is 649. The second kappa shape index (κ2) is 8.26. The van der Waals surface area contributed by atoms with Crippen molar-refractivity contribution in [1.82, 2.24) is 9.62 Å². The van der Waals surface area contributed by atoms with E-state index in [-0.39, 0.29) is 29.8 Å². The van der Waals surface area contributed by atoms with Gasteiger partial charge in [0.1, 0.15) is 16.5 Å². The van der Waals surface area contributed by atoms with E-state index in [1.807, 2.05) is 13.8 Å². The standard InChI is InChI=1S/C15H23FN2O4S/c1-5-11(3)17-15(19)10-18(6-2)23(20,21)14-9-12(16)7-8-13(14)22-4/h7-9,11H,5-6,10H2,1-4H3,(H,17,19)/t11-/m1/s1. The van der Waals surface area contributed by atoms with Crippen molar-refractivity contribution in [3.8, 4) is 5.75 Å². The number of nitrogens with one attached hydrogen (secondary N) is 1. The number of halogens is 1. The number of amides is 1. The number of ether oxygens (including phenoxy) is 1. The smallest absolute Gasteiger partial charge is 0.247 e. The van der Waals surface area contributed by atoms with Crippen molar-refractivity contribution in [2.45, 2.75) is 38.1 Å². The number of nitrogens with zero attached hydrogens (tertiary/aromatic N) is 1. The molecule has 0 spiro atoms. The molecular weight excluding hydrogens is 323 g/mol. The van der Waals surface area contributed by atoms with Gasteiger partial charge in [-0.1, -0.05) is 13.8 Å². The molecule has 23 heavy (non-hydrogen) atoms. The molecule has 0 aliphatic carbocycles. The van der Waals surface area contributed by atoms with Crippen LogP contribution in [-0.2, 0) is 14.8 Å². The van der Waals surface area contributed by atoms with Gasteiger partial charge in [0.25, 0.3) is 0 Å². The average Bonchev–Trinajstić information content (AvgIpc) is 2.52. The molecule has 0 aliphatic rings. The van der Waals surface area contributed by atoms with Gasteiger partial charge >= 0.3 is 0 Å². The molecular formula is C15H23FN2O4S. The van der Waals surface area contributed by atoms with Crippen molar-refractivity contribution in [2.24, 2.45) is 0 Å². The van der Waals surface area contributed by atoms with Crippen LogP contribution in [0.25, 0.3) is 0 Å². The van der Waals surface area contributed by atoms with Gasteiger partial charge < -0.3 is 10.1 Å². The SMILES string of the molecule is CC[C@@H](C)NC(=O)CN(CC)S(=O)(=O)c1cc(F)ccc1OC. The quantitative estimate of drug-likeness (QED) is 0.778. The molecule has 0 bridgehead atoms. The highest BCUT2D eigenvalue weighted by Gasteiger charge is 2.29. The fourth-order valence-electron chi connectivity index (χ4n) is 1.94. The topological polar surface area (TPSA) is 75.7 Å². The maximum Gasteiger partial charge on any atom is 0.247 e. The molecule has 8 heteroatoms. The van der Waals surface area contributed by atoms with E-state index in [4.69, 9.17) is 4.74 Å². The van der Waals surface area contributed by atoms with E-state index in [1.165, 1.54) is 13.2 Å². The normalized spacial score (nSPS) is 13.0. The molecule has 0 aliphatic heterocycles. The third-order valence-corrected chi connectivity index (χ3v) is 5.38.